The molecule has 0 unspecified atom stereocenters. The number of imidazole rings is 1. The smallest absolute Gasteiger partial charge is 0.255 e. The molecule has 4 nitrogen and oxygen atoms in total. The van der Waals surface area contributed by atoms with Gasteiger partial charge in [0.2, 0.25) is 0 Å². The summed E-state index contributed by atoms with van der Waals surface area (Å²) in [4.78, 5) is 18.0. The monoisotopic (exact) mass is 347 g/mol. The summed E-state index contributed by atoms with van der Waals surface area (Å²) < 4.78 is 2.01. The lowest BCUT2D eigenvalue weighted by molar-refractivity contribution is 0.102. The van der Waals surface area contributed by atoms with E-state index < -0.39 is 0 Å². The number of anilines is 1. The van der Waals surface area contributed by atoms with Gasteiger partial charge < -0.3 is 5.32 Å². The molecule has 1 N–H and O–H groups in total. The van der Waals surface area contributed by atoms with E-state index in [9.17, 15) is 4.79 Å². The summed E-state index contributed by atoms with van der Waals surface area (Å²) in [6.45, 7) is 4.05. The van der Waals surface area contributed by atoms with E-state index in [1.807, 2.05) is 78.5 Å². The molecule has 2 heterocycles. The number of nitrogens with one attached hydrogen (secondary N) is 1. The molecule has 5 heteroatoms. The van der Waals surface area contributed by atoms with Gasteiger partial charge in [0, 0.05) is 34.6 Å². The van der Waals surface area contributed by atoms with Crippen LogP contribution in [-0.4, -0.2) is 15.3 Å². The fourth-order valence-corrected chi connectivity index (χ4v) is 3.38. The Morgan fingerprint density at radius 3 is 2.60 bits per heavy atom. The van der Waals surface area contributed by atoms with Crippen molar-refractivity contribution in [2.24, 2.45) is 0 Å². The summed E-state index contributed by atoms with van der Waals surface area (Å²) in [6, 6.07) is 13.5. The van der Waals surface area contributed by atoms with Crippen LogP contribution in [0.1, 0.15) is 21.5 Å². The van der Waals surface area contributed by atoms with E-state index in [1.54, 1.807) is 11.3 Å². The lowest BCUT2D eigenvalue weighted by Crippen LogP contribution is -2.12. The summed E-state index contributed by atoms with van der Waals surface area (Å²) in [5.74, 6) is -0.0987. The van der Waals surface area contributed by atoms with Crippen LogP contribution in [0.3, 0.4) is 0 Å². The maximum absolute atomic E-state index is 12.4. The Bertz CT molecular complexity index is 1030. The van der Waals surface area contributed by atoms with Crippen LogP contribution < -0.4 is 5.32 Å². The molecule has 0 aliphatic carbocycles. The largest absolute Gasteiger partial charge is 0.322 e. The van der Waals surface area contributed by atoms with Crippen molar-refractivity contribution < 1.29 is 4.79 Å². The molecule has 0 saturated heterocycles. The Hall–Kier alpha value is -2.92. The van der Waals surface area contributed by atoms with Crippen LogP contribution >= 0.6 is 11.3 Å². The van der Waals surface area contributed by atoms with Crippen molar-refractivity contribution in [3.63, 3.8) is 0 Å². The van der Waals surface area contributed by atoms with Crippen molar-refractivity contribution in [2.45, 2.75) is 13.8 Å². The predicted octanol–water partition coefficient (Wildman–Crippen LogP) is 4.93. The molecule has 0 saturated carbocycles. The van der Waals surface area contributed by atoms with Crippen molar-refractivity contribution in [2.75, 3.05) is 5.32 Å². The van der Waals surface area contributed by atoms with Crippen LogP contribution in [0.15, 0.2) is 60.2 Å². The Morgan fingerprint density at radius 1 is 1.08 bits per heavy atom. The van der Waals surface area contributed by atoms with Gasteiger partial charge in [-0.1, -0.05) is 18.2 Å². The number of carbonyl (C=O) groups excluding carboxylic acids is 1. The first-order valence-electron chi connectivity index (χ1n) is 8.01. The van der Waals surface area contributed by atoms with Gasteiger partial charge in [0.25, 0.3) is 5.91 Å². The van der Waals surface area contributed by atoms with E-state index in [-0.39, 0.29) is 5.91 Å². The van der Waals surface area contributed by atoms with E-state index in [0.717, 1.165) is 27.5 Å². The molecule has 0 aliphatic rings. The summed E-state index contributed by atoms with van der Waals surface area (Å²) in [5.41, 5.74) is 5.69. The first kappa shape index (κ1) is 15.6. The number of hydrogen-bond donors (Lipinski definition) is 1. The maximum atomic E-state index is 12.4. The number of nitrogens with zero attached hydrogens (tertiary/aromatic N) is 2. The summed E-state index contributed by atoms with van der Waals surface area (Å²) in [5, 5.41) is 4.95. The third kappa shape index (κ3) is 3.06. The van der Waals surface area contributed by atoms with E-state index in [4.69, 9.17) is 0 Å². The number of benzene rings is 2. The van der Waals surface area contributed by atoms with Crippen LogP contribution in [0, 0.1) is 13.8 Å². The third-order valence-electron chi connectivity index (χ3n) is 4.30. The Labute approximate surface area is 149 Å². The average Bonchev–Trinajstić information content (AvgIpc) is 3.20. The zero-order valence-electron chi connectivity index (χ0n) is 14.0. The number of thiazole rings is 1. The summed E-state index contributed by atoms with van der Waals surface area (Å²) >= 11 is 1.61. The van der Waals surface area contributed by atoms with Gasteiger partial charge in [0.05, 0.1) is 5.69 Å². The zero-order valence-corrected chi connectivity index (χ0v) is 14.8. The van der Waals surface area contributed by atoms with Crippen molar-refractivity contribution >= 4 is 27.9 Å². The predicted molar refractivity (Wildman–Crippen MR) is 102 cm³/mol. The van der Waals surface area contributed by atoms with Crippen molar-refractivity contribution in [3.05, 3.63) is 76.9 Å². The Kier molecular flexibility index (Phi) is 3.86. The molecule has 0 radical (unpaired) electrons. The van der Waals surface area contributed by atoms with Gasteiger partial charge >= 0.3 is 0 Å². The van der Waals surface area contributed by atoms with Crippen LogP contribution in [-0.2, 0) is 0 Å². The number of amides is 1. The second kappa shape index (κ2) is 6.18. The normalized spacial score (nSPS) is 11.0. The molecule has 0 fully saturated rings. The van der Waals surface area contributed by atoms with E-state index in [2.05, 4.69) is 10.3 Å². The molecular formula is C20H17N3OS. The van der Waals surface area contributed by atoms with Gasteiger partial charge in [-0.25, -0.2) is 4.98 Å². The number of hydrogen-bond acceptors (Lipinski definition) is 3. The highest BCUT2D eigenvalue weighted by molar-refractivity contribution is 7.15. The molecule has 2 aromatic heterocycles. The molecule has 0 bridgehead atoms. The molecule has 0 spiro atoms. The molecule has 25 heavy (non-hydrogen) atoms. The van der Waals surface area contributed by atoms with Crippen LogP contribution in [0.5, 0.6) is 0 Å². The number of fused-ring (bicyclic) bond motifs is 1. The Balaban J connectivity index is 1.52. The number of rotatable bonds is 3. The van der Waals surface area contributed by atoms with Gasteiger partial charge in [-0.2, -0.15) is 0 Å². The van der Waals surface area contributed by atoms with Gasteiger partial charge in [0.1, 0.15) is 0 Å². The van der Waals surface area contributed by atoms with Gasteiger partial charge in [-0.15, -0.1) is 11.3 Å². The van der Waals surface area contributed by atoms with Gasteiger partial charge in [-0.3, -0.25) is 9.20 Å². The topological polar surface area (TPSA) is 46.4 Å². The molecule has 0 atom stereocenters. The minimum Gasteiger partial charge on any atom is -0.322 e. The third-order valence-corrected chi connectivity index (χ3v) is 5.07. The van der Waals surface area contributed by atoms with E-state index in [1.165, 1.54) is 5.56 Å². The first-order chi connectivity index (χ1) is 12.1. The van der Waals surface area contributed by atoms with E-state index in [0.29, 0.717) is 5.56 Å². The molecule has 124 valence electrons. The van der Waals surface area contributed by atoms with Gasteiger partial charge in [0.15, 0.2) is 4.96 Å². The quantitative estimate of drug-likeness (QED) is 0.571. The average molecular weight is 347 g/mol. The maximum Gasteiger partial charge on any atom is 0.255 e. The molecule has 1 amide bonds. The number of aryl methyl sites for hydroxylation is 2. The molecule has 0 aliphatic heterocycles. The molecule has 4 aromatic rings. The van der Waals surface area contributed by atoms with Crippen LogP contribution in [0.25, 0.3) is 16.2 Å². The SMILES string of the molecule is Cc1ccc(C(=O)Nc2ccc(-c3cn4ccsc4n3)cc2)cc1C. The molecule has 2 aromatic carbocycles. The minimum atomic E-state index is -0.0987. The lowest BCUT2D eigenvalue weighted by Gasteiger charge is -2.08. The Morgan fingerprint density at radius 2 is 1.88 bits per heavy atom. The standard InChI is InChI=1S/C20H17N3OS/c1-13-3-4-16(11-14(13)2)19(24)21-17-7-5-15(6-8-17)18-12-23-9-10-25-20(23)22-18/h3-12H,1-2H3,(H,21,24). The van der Waals surface area contributed by atoms with Crippen molar-refractivity contribution in [1.82, 2.24) is 9.38 Å². The van der Waals surface area contributed by atoms with E-state index >= 15 is 0 Å². The zero-order chi connectivity index (χ0) is 17.4. The highest BCUT2D eigenvalue weighted by atomic mass is 32.1. The lowest BCUT2D eigenvalue weighted by atomic mass is 10.1. The highest BCUT2D eigenvalue weighted by Gasteiger charge is 2.09. The second-order valence-corrected chi connectivity index (χ2v) is 6.92. The number of carbonyl (C=O) groups is 1. The second-order valence-electron chi connectivity index (χ2n) is 6.05. The molecule has 4 rings (SSSR count). The fourth-order valence-electron chi connectivity index (χ4n) is 2.68. The highest BCUT2D eigenvalue weighted by Crippen LogP contribution is 2.23. The molecular weight excluding hydrogens is 330 g/mol. The fraction of sp³-hybridized carbons (Fsp3) is 0.100. The van der Waals surface area contributed by atoms with Crippen LogP contribution in [0.4, 0.5) is 5.69 Å². The van der Waals surface area contributed by atoms with Crippen LogP contribution in [0.2, 0.25) is 0 Å². The van der Waals surface area contributed by atoms with Crippen molar-refractivity contribution in [3.8, 4) is 11.3 Å². The summed E-state index contributed by atoms with van der Waals surface area (Å²) in [7, 11) is 0. The number of aromatic nitrogens is 2. The summed E-state index contributed by atoms with van der Waals surface area (Å²) in [6.07, 6.45) is 4.00. The first-order valence-corrected chi connectivity index (χ1v) is 8.89. The van der Waals surface area contributed by atoms with Crippen molar-refractivity contribution in [1.29, 1.82) is 0 Å². The minimum absolute atomic E-state index is 0.0987. The van der Waals surface area contributed by atoms with Gasteiger partial charge in [-0.05, 0) is 49.2 Å².